The first-order valence-corrected chi connectivity index (χ1v) is 4.90. The van der Waals surface area contributed by atoms with Gasteiger partial charge in [-0.2, -0.15) is 0 Å². The number of oxazole rings is 1. The maximum atomic E-state index is 5.13. The summed E-state index contributed by atoms with van der Waals surface area (Å²) >= 11 is 3.98. The fraction of sp³-hybridized carbons (Fsp3) is 0. The van der Waals surface area contributed by atoms with E-state index < -0.39 is 0 Å². The molecule has 0 amide bonds. The van der Waals surface area contributed by atoms with E-state index in [2.05, 4.69) is 33.6 Å². The van der Waals surface area contributed by atoms with E-state index in [0.717, 1.165) is 10.6 Å². The summed E-state index contributed by atoms with van der Waals surface area (Å²) in [4.78, 5) is 4.98. The summed E-state index contributed by atoms with van der Waals surface area (Å²) in [5, 5.41) is 0. The molecule has 2 nitrogen and oxygen atoms in total. The first kappa shape index (κ1) is 7.30. The molecule has 11 heavy (non-hydrogen) atoms. The first-order valence-electron chi connectivity index (χ1n) is 3.00. The van der Waals surface area contributed by atoms with Gasteiger partial charge in [0.25, 0.3) is 0 Å². The third kappa shape index (κ3) is 1.46. The zero-order chi connectivity index (χ0) is 7.68. The molecule has 2 aromatic rings. The Morgan fingerprint density at radius 3 is 2.91 bits per heavy atom. The number of hydrogen-bond acceptors (Lipinski definition) is 3. The average molecular weight is 277 g/mol. The lowest BCUT2D eigenvalue weighted by Crippen LogP contribution is -1.59. The molecule has 2 heterocycles. The van der Waals surface area contributed by atoms with Gasteiger partial charge in [-0.25, -0.2) is 4.98 Å². The van der Waals surface area contributed by atoms with Crippen LogP contribution >= 0.6 is 33.9 Å². The maximum Gasteiger partial charge on any atom is 0.181 e. The molecule has 0 aliphatic rings. The van der Waals surface area contributed by atoms with Crippen molar-refractivity contribution in [2.75, 3.05) is 0 Å². The molecule has 0 unspecified atom stereocenters. The van der Waals surface area contributed by atoms with E-state index in [1.165, 1.54) is 9.28 Å². The zero-order valence-electron chi connectivity index (χ0n) is 5.45. The Kier molecular flexibility index (Phi) is 1.95. The highest BCUT2D eigenvalue weighted by molar-refractivity contribution is 14.1. The molecule has 0 saturated heterocycles. The minimum atomic E-state index is 0.845. The van der Waals surface area contributed by atoms with Gasteiger partial charge in [-0.3, -0.25) is 0 Å². The molecule has 0 aromatic carbocycles. The Bertz CT molecular complexity index is 341. The molecule has 0 fully saturated rings. The summed E-state index contributed by atoms with van der Waals surface area (Å²) in [6, 6.07) is 4.09. The van der Waals surface area contributed by atoms with Crippen LogP contribution in [0.4, 0.5) is 0 Å². The molecule has 0 bridgehead atoms. The molecule has 0 atom stereocenters. The van der Waals surface area contributed by atoms with Gasteiger partial charge >= 0.3 is 0 Å². The number of thiophene rings is 1. The monoisotopic (exact) mass is 277 g/mol. The lowest BCUT2D eigenvalue weighted by atomic mass is 10.4. The number of hydrogen-bond donors (Lipinski definition) is 0. The van der Waals surface area contributed by atoms with Gasteiger partial charge in [0.2, 0.25) is 0 Å². The Morgan fingerprint density at radius 1 is 1.45 bits per heavy atom. The molecule has 2 rings (SSSR count). The van der Waals surface area contributed by atoms with E-state index in [1.807, 2.05) is 6.07 Å². The Hall–Kier alpha value is -0.360. The van der Waals surface area contributed by atoms with Crippen LogP contribution in [0.3, 0.4) is 0 Å². The molecule has 4 heteroatoms. The molecule has 0 aliphatic carbocycles. The van der Waals surface area contributed by atoms with Crippen LogP contribution in [0.2, 0.25) is 0 Å². The van der Waals surface area contributed by atoms with Crippen LogP contribution in [0.25, 0.3) is 10.6 Å². The van der Waals surface area contributed by atoms with Crippen molar-refractivity contribution in [1.29, 1.82) is 0 Å². The predicted octanol–water partition coefficient (Wildman–Crippen LogP) is 3.01. The predicted molar refractivity (Wildman–Crippen MR) is 52.5 cm³/mol. The van der Waals surface area contributed by atoms with E-state index in [0.29, 0.717) is 0 Å². The van der Waals surface area contributed by atoms with E-state index in [1.54, 1.807) is 17.5 Å². The van der Waals surface area contributed by atoms with Gasteiger partial charge < -0.3 is 4.42 Å². The van der Waals surface area contributed by atoms with Crippen molar-refractivity contribution in [1.82, 2.24) is 4.98 Å². The molecular weight excluding hydrogens is 273 g/mol. The van der Waals surface area contributed by atoms with Crippen molar-refractivity contribution in [3.8, 4) is 10.6 Å². The van der Waals surface area contributed by atoms with Gasteiger partial charge in [0.15, 0.2) is 12.2 Å². The molecule has 0 aliphatic heterocycles. The fourth-order valence-corrected chi connectivity index (χ4v) is 2.36. The Labute approximate surface area is 81.4 Å². The molecule has 0 radical (unpaired) electrons. The van der Waals surface area contributed by atoms with E-state index in [9.17, 15) is 0 Å². The number of nitrogens with zero attached hydrogens (tertiary/aromatic N) is 1. The highest BCUT2D eigenvalue weighted by Crippen LogP contribution is 2.28. The second-order valence-corrected chi connectivity index (χ2v) is 4.95. The topological polar surface area (TPSA) is 26.0 Å². The van der Waals surface area contributed by atoms with E-state index >= 15 is 0 Å². The van der Waals surface area contributed by atoms with Crippen LogP contribution in [0, 0.1) is 2.88 Å². The smallest absolute Gasteiger partial charge is 0.181 e. The minimum Gasteiger partial charge on any atom is -0.443 e. The van der Waals surface area contributed by atoms with Crippen LogP contribution in [-0.2, 0) is 0 Å². The molecule has 0 spiro atoms. The first-order chi connectivity index (χ1) is 5.36. The quantitative estimate of drug-likeness (QED) is 0.749. The minimum absolute atomic E-state index is 0.845. The number of aromatic nitrogens is 1. The molecule has 0 N–H and O–H groups in total. The summed E-state index contributed by atoms with van der Waals surface area (Å²) in [6.45, 7) is 0. The third-order valence-electron chi connectivity index (χ3n) is 1.25. The summed E-state index contributed by atoms with van der Waals surface area (Å²) in [5.41, 5.74) is 0. The third-order valence-corrected chi connectivity index (χ3v) is 3.16. The zero-order valence-corrected chi connectivity index (χ0v) is 8.43. The SMILES string of the molecule is Ic1ccc(-c2cnco2)s1. The number of rotatable bonds is 1. The largest absolute Gasteiger partial charge is 0.443 e. The normalized spacial score (nSPS) is 10.3. The second kappa shape index (κ2) is 2.94. The standard InChI is InChI=1S/C7H4INOS/c8-7-2-1-6(11-7)5-3-9-4-10-5/h1-4H. The van der Waals surface area contributed by atoms with E-state index in [-0.39, 0.29) is 0 Å². The van der Waals surface area contributed by atoms with Gasteiger partial charge in [0.1, 0.15) is 0 Å². The van der Waals surface area contributed by atoms with Crippen LogP contribution in [0.15, 0.2) is 29.1 Å². The van der Waals surface area contributed by atoms with Crippen molar-refractivity contribution < 1.29 is 4.42 Å². The van der Waals surface area contributed by atoms with Crippen molar-refractivity contribution >= 4 is 33.9 Å². The lowest BCUT2D eigenvalue weighted by Gasteiger charge is -1.84. The van der Waals surface area contributed by atoms with Crippen LogP contribution in [0.1, 0.15) is 0 Å². The van der Waals surface area contributed by atoms with Crippen molar-refractivity contribution in [3.63, 3.8) is 0 Å². The average Bonchev–Trinajstić information content (AvgIpc) is 2.55. The number of halogens is 1. The van der Waals surface area contributed by atoms with Gasteiger partial charge in [0, 0.05) is 0 Å². The van der Waals surface area contributed by atoms with Gasteiger partial charge in [-0.15, -0.1) is 11.3 Å². The Balaban J connectivity index is 2.45. The second-order valence-electron chi connectivity index (χ2n) is 1.97. The van der Waals surface area contributed by atoms with Gasteiger partial charge in [-0.1, -0.05) is 0 Å². The summed E-state index contributed by atoms with van der Waals surface area (Å²) in [6.07, 6.45) is 3.17. The van der Waals surface area contributed by atoms with Crippen molar-refractivity contribution in [2.45, 2.75) is 0 Å². The lowest BCUT2D eigenvalue weighted by molar-refractivity contribution is 0.573. The highest BCUT2D eigenvalue weighted by Gasteiger charge is 2.02. The van der Waals surface area contributed by atoms with Crippen LogP contribution in [0.5, 0.6) is 0 Å². The van der Waals surface area contributed by atoms with Gasteiger partial charge in [0.05, 0.1) is 14.0 Å². The van der Waals surface area contributed by atoms with Crippen LogP contribution in [-0.4, -0.2) is 4.98 Å². The summed E-state index contributed by atoms with van der Waals surface area (Å²) in [7, 11) is 0. The van der Waals surface area contributed by atoms with E-state index in [4.69, 9.17) is 4.42 Å². The fourth-order valence-electron chi connectivity index (χ4n) is 0.784. The Morgan fingerprint density at radius 2 is 2.36 bits per heavy atom. The summed E-state index contributed by atoms with van der Waals surface area (Å²) < 4.78 is 6.39. The summed E-state index contributed by atoms with van der Waals surface area (Å²) in [5.74, 6) is 0.845. The maximum absolute atomic E-state index is 5.13. The molecule has 56 valence electrons. The molecule has 0 saturated carbocycles. The highest BCUT2D eigenvalue weighted by atomic mass is 127. The van der Waals surface area contributed by atoms with Crippen LogP contribution < -0.4 is 0 Å². The molecule has 2 aromatic heterocycles. The van der Waals surface area contributed by atoms with Crippen molar-refractivity contribution in [3.05, 3.63) is 27.6 Å². The van der Waals surface area contributed by atoms with Gasteiger partial charge in [-0.05, 0) is 34.7 Å². The molecular formula is C7H4INOS. The van der Waals surface area contributed by atoms with Crippen molar-refractivity contribution in [2.24, 2.45) is 0 Å².